The molecule has 0 saturated heterocycles. The summed E-state index contributed by atoms with van der Waals surface area (Å²) in [6.07, 6.45) is 0. The molecule has 0 saturated carbocycles. The van der Waals surface area contributed by atoms with Crippen molar-refractivity contribution >= 4 is 28.3 Å². The van der Waals surface area contributed by atoms with Crippen LogP contribution in [0.1, 0.15) is 20.9 Å². The van der Waals surface area contributed by atoms with Crippen LogP contribution in [0, 0.1) is 0 Å². The normalized spacial score (nSPS) is 10.7. The van der Waals surface area contributed by atoms with Crippen molar-refractivity contribution in [1.29, 1.82) is 0 Å². The van der Waals surface area contributed by atoms with E-state index in [-0.39, 0.29) is 17.2 Å². The van der Waals surface area contributed by atoms with E-state index in [0.29, 0.717) is 11.4 Å². The molecule has 2 N–H and O–H groups in total. The third-order valence-corrected chi connectivity index (χ3v) is 4.23. The molecule has 0 aliphatic heterocycles. The zero-order valence-electron chi connectivity index (χ0n) is 14.2. The number of fused-ring (bicyclic) bond motifs is 1. The number of carboxylic acids is 1. The molecule has 0 aliphatic rings. The summed E-state index contributed by atoms with van der Waals surface area (Å²) in [6.45, 7) is 0. The number of furan rings is 1. The van der Waals surface area contributed by atoms with E-state index in [1.165, 1.54) is 6.07 Å². The fraction of sp³-hybridized carbons (Fsp3) is 0. The van der Waals surface area contributed by atoms with Gasteiger partial charge in [-0.3, -0.25) is 4.79 Å². The van der Waals surface area contributed by atoms with Crippen LogP contribution >= 0.6 is 0 Å². The second-order valence-electron chi connectivity index (χ2n) is 6.07. The Labute approximate surface area is 154 Å². The van der Waals surface area contributed by atoms with Crippen molar-refractivity contribution in [2.24, 2.45) is 0 Å². The average molecular weight is 357 g/mol. The highest BCUT2D eigenvalue weighted by Gasteiger charge is 2.13. The predicted molar refractivity (Wildman–Crippen MR) is 103 cm³/mol. The number of carbonyl (C=O) groups excluding carboxylic acids is 1. The van der Waals surface area contributed by atoms with Gasteiger partial charge >= 0.3 is 5.97 Å². The summed E-state index contributed by atoms with van der Waals surface area (Å²) < 4.78 is 5.66. The first-order chi connectivity index (χ1) is 13.1. The van der Waals surface area contributed by atoms with Crippen LogP contribution in [0.5, 0.6) is 0 Å². The minimum Gasteiger partial charge on any atom is -0.478 e. The predicted octanol–water partition coefficient (Wildman–Crippen LogP) is 5.05. The molecule has 5 nitrogen and oxygen atoms in total. The second kappa shape index (κ2) is 6.80. The number of carbonyl (C=O) groups is 2. The summed E-state index contributed by atoms with van der Waals surface area (Å²) in [7, 11) is 0. The quantitative estimate of drug-likeness (QED) is 0.536. The van der Waals surface area contributed by atoms with Gasteiger partial charge in [-0.05, 0) is 47.2 Å². The first-order valence-corrected chi connectivity index (χ1v) is 8.34. The van der Waals surface area contributed by atoms with Crippen LogP contribution in [-0.2, 0) is 0 Å². The zero-order chi connectivity index (χ0) is 18.8. The number of carboxylic acid groups (broad SMARTS) is 1. The van der Waals surface area contributed by atoms with Crippen LogP contribution in [0.2, 0.25) is 0 Å². The molecule has 0 unspecified atom stereocenters. The summed E-state index contributed by atoms with van der Waals surface area (Å²) in [5, 5.41) is 13.5. The molecule has 132 valence electrons. The van der Waals surface area contributed by atoms with Crippen molar-refractivity contribution in [3.8, 4) is 11.3 Å². The van der Waals surface area contributed by atoms with Gasteiger partial charge in [0.15, 0.2) is 5.76 Å². The third kappa shape index (κ3) is 3.43. The Balaban J connectivity index is 1.55. The highest BCUT2D eigenvalue weighted by atomic mass is 16.4. The molecule has 27 heavy (non-hydrogen) atoms. The van der Waals surface area contributed by atoms with E-state index in [9.17, 15) is 9.59 Å². The van der Waals surface area contributed by atoms with E-state index < -0.39 is 5.97 Å². The lowest BCUT2D eigenvalue weighted by atomic mass is 10.1. The number of amides is 1. The van der Waals surface area contributed by atoms with Crippen molar-refractivity contribution in [3.63, 3.8) is 0 Å². The number of nitrogens with one attached hydrogen (secondary N) is 1. The van der Waals surface area contributed by atoms with Crippen LogP contribution in [0.3, 0.4) is 0 Å². The summed E-state index contributed by atoms with van der Waals surface area (Å²) in [5.74, 6) is -0.476. The fourth-order valence-corrected chi connectivity index (χ4v) is 2.87. The number of hydrogen-bond acceptors (Lipinski definition) is 3. The van der Waals surface area contributed by atoms with Crippen LogP contribution in [0.25, 0.3) is 22.1 Å². The number of rotatable bonds is 4. The summed E-state index contributed by atoms with van der Waals surface area (Å²) >= 11 is 0. The minimum atomic E-state index is -0.971. The first-order valence-electron chi connectivity index (χ1n) is 8.34. The van der Waals surface area contributed by atoms with Gasteiger partial charge in [-0.1, -0.05) is 42.5 Å². The number of anilines is 1. The first kappa shape index (κ1) is 16.6. The average Bonchev–Trinajstić information content (AvgIpc) is 3.18. The van der Waals surface area contributed by atoms with E-state index in [2.05, 4.69) is 5.32 Å². The van der Waals surface area contributed by atoms with Crippen LogP contribution < -0.4 is 5.32 Å². The van der Waals surface area contributed by atoms with E-state index in [4.69, 9.17) is 9.52 Å². The van der Waals surface area contributed by atoms with Gasteiger partial charge in [0.25, 0.3) is 5.91 Å². The lowest BCUT2D eigenvalue weighted by Crippen LogP contribution is -2.10. The fourth-order valence-electron chi connectivity index (χ4n) is 2.87. The molecule has 0 spiro atoms. The van der Waals surface area contributed by atoms with Gasteiger partial charge in [0.2, 0.25) is 0 Å². The molecule has 1 aromatic heterocycles. The van der Waals surface area contributed by atoms with E-state index in [1.54, 1.807) is 42.5 Å². The van der Waals surface area contributed by atoms with Crippen molar-refractivity contribution in [2.75, 3.05) is 5.32 Å². The highest BCUT2D eigenvalue weighted by molar-refractivity contribution is 6.04. The minimum absolute atomic E-state index is 0.218. The SMILES string of the molecule is O=C(O)c1ccc2cc(NC(=O)c3ccc(-c4ccccc4)o3)ccc2c1. The molecular weight excluding hydrogens is 342 g/mol. The molecule has 0 atom stereocenters. The maximum absolute atomic E-state index is 12.5. The van der Waals surface area contributed by atoms with E-state index in [0.717, 1.165) is 16.3 Å². The van der Waals surface area contributed by atoms with Crippen LogP contribution in [-0.4, -0.2) is 17.0 Å². The van der Waals surface area contributed by atoms with Gasteiger partial charge in [0.05, 0.1) is 5.56 Å². The van der Waals surface area contributed by atoms with Gasteiger partial charge in [-0.2, -0.15) is 0 Å². The molecule has 1 heterocycles. The lowest BCUT2D eigenvalue weighted by Gasteiger charge is -2.06. The highest BCUT2D eigenvalue weighted by Crippen LogP contribution is 2.24. The maximum atomic E-state index is 12.5. The largest absolute Gasteiger partial charge is 0.478 e. The van der Waals surface area contributed by atoms with Gasteiger partial charge < -0.3 is 14.8 Å². The number of aromatic carboxylic acids is 1. The van der Waals surface area contributed by atoms with Crippen molar-refractivity contribution < 1.29 is 19.1 Å². The monoisotopic (exact) mass is 357 g/mol. The van der Waals surface area contributed by atoms with Crippen molar-refractivity contribution in [1.82, 2.24) is 0 Å². The van der Waals surface area contributed by atoms with Crippen molar-refractivity contribution in [2.45, 2.75) is 0 Å². The Hall–Kier alpha value is -3.86. The van der Waals surface area contributed by atoms with Crippen LogP contribution in [0.15, 0.2) is 83.3 Å². The lowest BCUT2D eigenvalue weighted by molar-refractivity contribution is 0.0697. The Morgan fingerprint density at radius 2 is 1.56 bits per heavy atom. The molecule has 1 amide bonds. The molecule has 4 rings (SSSR count). The summed E-state index contributed by atoms with van der Waals surface area (Å²) in [5.41, 5.74) is 1.73. The van der Waals surface area contributed by atoms with Gasteiger partial charge in [0.1, 0.15) is 5.76 Å². The Bertz CT molecular complexity index is 1150. The van der Waals surface area contributed by atoms with Gasteiger partial charge in [0, 0.05) is 11.3 Å². The molecular formula is C22H15NO4. The number of hydrogen-bond donors (Lipinski definition) is 2. The Kier molecular flexibility index (Phi) is 4.18. The molecule has 0 aliphatic carbocycles. The third-order valence-electron chi connectivity index (χ3n) is 4.23. The van der Waals surface area contributed by atoms with Gasteiger partial charge in [-0.25, -0.2) is 4.79 Å². The smallest absolute Gasteiger partial charge is 0.335 e. The maximum Gasteiger partial charge on any atom is 0.335 e. The standard InChI is InChI=1S/C22H15NO4/c24-21(20-11-10-19(27-20)14-4-2-1-3-5-14)23-18-9-8-15-12-17(22(25)26)7-6-16(15)13-18/h1-13H,(H,23,24)(H,25,26). The Morgan fingerprint density at radius 1 is 0.815 bits per heavy atom. The molecule has 5 heteroatoms. The molecule has 0 radical (unpaired) electrons. The van der Waals surface area contributed by atoms with E-state index >= 15 is 0 Å². The Morgan fingerprint density at radius 3 is 2.33 bits per heavy atom. The summed E-state index contributed by atoms with van der Waals surface area (Å²) in [4.78, 5) is 23.5. The molecule has 0 fully saturated rings. The van der Waals surface area contributed by atoms with Crippen LogP contribution in [0.4, 0.5) is 5.69 Å². The molecule has 0 bridgehead atoms. The van der Waals surface area contributed by atoms with Gasteiger partial charge in [-0.15, -0.1) is 0 Å². The zero-order valence-corrected chi connectivity index (χ0v) is 14.2. The van der Waals surface area contributed by atoms with E-state index in [1.807, 2.05) is 30.3 Å². The molecule has 3 aromatic carbocycles. The summed E-state index contributed by atoms with van der Waals surface area (Å²) in [6, 6.07) is 23.1. The second-order valence-corrected chi connectivity index (χ2v) is 6.07. The molecule has 4 aromatic rings. The van der Waals surface area contributed by atoms with Crippen molar-refractivity contribution in [3.05, 3.63) is 90.2 Å². The number of benzene rings is 3. The topological polar surface area (TPSA) is 79.5 Å².